The standard InChI is InChI=1S/C39H73O8P/c1-3-5-7-9-11-13-15-16-17-18-19-20-21-22-24-25-27-29-31-33-38(40)45-35-37(36-46-48(42,43)44)47-39(41)34-32-30-28-26-23-14-12-10-8-6-4-2/h11,13,16-17,37H,3-10,12,14-15,18-36H2,1-2H3,(H2,42,43,44)/b13-11-,17-16-/t37-/m1/s1. The van der Waals surface area contributed by atoms with Crippen LogP contribution in [0.5, 0.6) is 0 Å². The van der Waals surface area contributed by atoms with E-state index in [1.165, 1.54) is 109 Å². The molecule has 0 bridgehead atoms. The van der Waals surface area contributed by atoms with Gasteiger partial charge in [-0.25, -0.2) is 4.57 Å². The lowest BCUT2D eigenvalue weighted by molar-refractivity contribution is -0.161. The molecule has 0 saturated carbocycles. The molecule has 0 rings (SSSR count). The van der Waals surface area contributed by atoms with Gasteiger partial charge < -0.3 is 19.3 Å². The van der Waals surface area contributed by atoms with Crippen molar-refractivity contribution >= 4 is 19.8 Å². The first-order valence-corrected chi connectivity index (χ1v) is 21.2. The fraction of sp³-hybridized carbons (Fsp3) is 0.846. The van der Waals surface area contributed by atoms with E-state index in [1.807, 2.05) is 0 Å². The topological polar surface area (TPSA) is 119 Å². The van der Waals surface area contributed by atoms with Crippen LogP contribution in [-0.2, 0) is 28.2 Å². The van der Waals surface area contributed by atoms with Crippen LogP contribution in [0.3, 0.4) is 0 Å². The second-order valence-electron chi connectivity index (χ2n) is 13.3. The SMILES string of the molecule is CCCCC/C=C\C/C=C\CCCCCCCCCCCC(=O)OC[C@H](COP(=O)(O)O)OC(=O)CCCCCCCCCCCCC. The summed E-state index contributed by atoms with van der Waals surface area (Å²) in [5.74, 6) is -0.885. The molecule has 9 heteroatoms. The van der Waals surface area contributed by atoms with Crippen molar-refractivity contribution < 1.29 is 37.9 Å². The van der Waals surface area contributed by atoms with Crippen LogP contribution >= 0.6 is 7.82 Å². The summed E-state index contributed by atoms with van der Waals surface area (Å²) >= 11 is 0. The van der Waals surface area contributed by atoms with Crippen LogP contribution in [0.25, 0.3) is 0 Å². The van der Waals surface area contributed by atoms with Crippen LogP contribution in [0, 0.1) is 0 Å². The molecule has 0 heterocycles. The second-order valence-corrected chi connectivity index (χ2v) is 14.5. The summed E-state index contributed by atoms with van der Waals surface area (Å²) in [6, 6.07) is 0. The highest BCUT2D eigenvalue weighted by Crippen LogP contribution is 2.36. The first kappa shape index (κ1) is 46.5. The number of hydrogen-bond donors (Lipinski definition) is 2. The van der Waals surface area contributed by atoms with Gasteiger partial charge in [-0.15, -0.1) is 0 Å². The summed E-state index contributed by atoms with van der Waals surface area (Å²) in [4.78, 5) is 42.7. The quantitative estimate of drug-likeness (QED) is 0.0287. The summed E-state index contributed by atoms with van der Waals surface area (Å²) in [7, 11) is -4.74. The molecule has 0 aromatic rings. The van der Waals surface area contributed by atoms with Crippen molar-refractivity contribution in [3.05, 3.63) is 24.3 Å². The maximum absolute atomic E-state index is 12.3. The van der Waals surface area contributed by atoms with Gasteiger partial charge >= 0.3 is 19.8 Å². The number of phosphoric acid groups is 1. The summed E-state index contributed by atoms with van der Waals surface area (Å²) in [6.07, 6.45) is 39.0. The molecule has 0 aromatic heterocycles. The molecule has 0 saturated heterocycles. The van der Waals surface area contributed by atoms with Crippen LogP contribution < -0.4 is 0 Å². The monoisotopic (exact) mass is 701 g/mol. The molecule has 1 atom stereocenters. The second kappa shape index (κ2) is 35.4. The first-order chi connectivity index (χ1) is 23.3. The minimum absolute atomic E-state index is 0.214. The predicted octanol–water partition coefficient (Wildman–Crippen LogP) is 11.6. The fourth-order valence-electron chi connectivity index (χ4n) is 5.52. The van der Waals surface area contributed by atoms with Gasteiger partial charge in [0.25, 0.3) is 0 Å². The largest absolute Gasteiger partial charge is 0.469 e. The number of carbonyl (C=O) groups is 2. The van der Waals surface area contributed by atoms with Gasteiger partial charge in [-0.05, 0) is 44.9 Å². The molecule has 8 nitrogen and oxygen atoms in total. The Hall–Kier alpha value is -1.47. The van der Waals surface area contributed by atoms with Crippen molar-refractivity contribution in [2.24, 2.45) is 0 Å². The van der Waals surface area contributed by atoms with Crippen molar-refractivity contribution in [2.75, 3.05) is 13.2 Å². The Morgan fingerprint density at radius 3 is 1.42 bits per heavy atom. The zero-order valence-corrected chi connectivity index (χ0v) is 31.8. The van der Waals surface area contributed by atoms with E-state index in [4.69, 9.17) is 19.3 Å². The highest BCUT2D eigenvalue weighted by molar-refractivity contribution is 7.46. The third-order valence-corrected chi connectivity index (χ3v) is 8.96. The number of unbranched alkanes of at least 4 members (excludes halogenated alkanes) is 22. The average Bonchev–Trinajstić information content (AvgIpc) is 3.05. The summed E-state index contributed by atoms with van der Waals surface area (Å²) in [5.41, 5.74) is 0. The molecule has 0 fully saturated rings. The molecule has 0 aromatic carbocycles. The zero-order valence-electron chi connectivity index (χ0n) is 30.9. The Labute approximate surface area is 294 Å². The van der Waals surface area contributed by atoms with E-state index in [-0.39, 0.29) is 19.4 Å². The Balaban J connectivity index is 3.89. The number of esters is 2. The van der Waals surface area contributed by atoms with Crippen molar-refractivity contribution in [1.82, 2.24) is 0 Å². The lowest BCUT2D eigenvalue weighted by Gasteiger charge is -2.18. The molecule has 0 aliphatic heterocycles. The van der Waals surface area contributed by atoms with Gasteiger partial charge in [0.2, 0.25) is 0 Å². The maximum atomic E-state index is 12.3. The van der Waals surface area contributed by atoms with Gasteiger partial charge in [0, 0.05) is 12.8 Å². The van der Waals surface area contributed by atoms with Crippen molar-refractivity contribution in [3.8, 4) is 0 Å². The average molecular weight is 701 g/mol. The molecule has 48 heavy (non-hydrogen) atoms. The molecule has 2 N–H and O–H groups in total. The lowest BCUT2D eigenvalue weighted by atomic mass is 10.1. The molecule has 0 aliphatic carbocycles. The van der Waals surface area contributed by atoms with E-state index in [0.717, 1.165) is 51.4 Å². The Bertz CT molecular complexity index is 838. The molecule has 0 unspecified atom stereocenters. The third kappa shape index (κ3) is 37.4. The zero-order chi connectivity index (χ0) is 35.4. The van der Waals surface area contributed by atoms with Crippen molar-refractivity contribution in [1.29, 1.82) is 0 Å². The third-order valence-electron chi connectivity index (χ3n) is 8.47. The molecule has 282 valence electrons. The Morgan fingerprint density at radius 2 is 0.938 bits per heavy atom. The van der Waals surface area contributed by atoms with Gasteiger partial charge in [-0.2, -0.15) is 0 Å². The van der Waals surface area contributed by atoms with Crippen LogP contribution in [-0.4, -0.2) is 41.0 Å². The van der Waals surface area contributed by atoms with E-state index in [0.29, 0.717) is 6.42 Å². The van der Waals surface area contributed by atoms with Gasteiger partial charge in [-0.3, -0.25) is 14.1 Å². The molecule has 0 aliphatic rings. The lowest BCUT2D eigenvalue weighted by Crippen LogP contribution is -2.29. The minimum atomic E-state index is -4.74. The van der Waals surface area contributed by atoms with E-state index < -0.39 is 32.5 Å². The highest BCUT2D eigenvalue weighted by atomic mass is 31.2. The van der Waals surface area contributed by atoms with Gasteiger partial charge in [0.05, 0.1) is 6.61 Å². The predicted molar refractivity (Wildman–Crippen MR) is 198 cm³/mol. The number of phosphoric ester groups is 1. The maximum Gasteiger partial charge on any atom is 0.469 e. The van der Waals surface area contributed by atoms with Crippen LogP contribution in [0.4, 0.5) is 0 Å². The highest BCUT2D eigenvalue weighted by Gasteiger charge is 2.22. The number of allylic oxidation sites excluding steroid dienone is 4. The number of rotatable bonds is 36. The van der Waals surface area contributed by atoms with E-state index in [1.54, 1.807) is 0 Å². The normalized spacial score (nSPS) is 12.7. The number of carbonyl (C=O) groups excluding carboxylic acids is 2. The van der Waals surface area contributed by atoms with Gasteiger partial charge in [-0.1, -0.05) is 160 Å². The first-order valence-electron chi connectivity index (χ1n) is 19.6. The van der Waals surface area contributed by atoms with Gasteiger partial charge in [0.1, 0.15) is 6.61 Å². The van der Waals surface area contributed by atoms with Crippen molar-refractivity contribution in [2.45, 2.75) is 200 Å². The number of hydrogen-bond acceptors (Lipinski definition) is 6. The van der Waals surface area contributed by atoms with Crippen LogP contribution in [0.15, 0.2) is 24.3 Å². The fourth-order valence-corrected chi connectivity index (χ4v) is 5.88. The van der Waals surface area contributed by atoms with E-state index >= 15 is 0 Å². The van der Waals surface area contributed by atoms with Crippen LogP contribution in [0.2, 0.25) is 0 Å². The summed E-state index contributed by atoms with van der Waals surface area (Å²) in [5, 5.41) is 0. The summed E-state index contributed by atoms with van der Waals surface area (Å²) < 4.78 is 26.3. The molecule has 0 amide bonds. The molecular weight excluding hydrogens is 627 g/mol. The Morgan fingerprint density at radius 1 is 0.542 bits per heavy atom. The molecular formula is C39H73O8P. The smallest absolute Gasteiger partial charge is 0.462 e. The van der Waals surface area contributed by atoms with E-state index in [9.17, 15) is 14.2 Å². The summed E-state index contributed by atoms with van der Waals surface area (Å²) in [6.45, 7) is 3.65. The molecule has 0 radical (unpaired) electrons. The van der Waals surface area contributed by atoms with E-state index in [2.05, 4.69) is 42.7 Å². The van der Waals surface area contributed by atoms with Crippen LogP contribution in [0.1, 0.15) is 194 Å². The minimum Gasteiger partial charge on any atom is -0.462 e. The van der Waals surface area contributed by atoms with Crippen molar-refractivity contribution in [3.63, 3.8) is 0 Å². The Kier molecular flexibility index (Phi) is 34.3. The number of ether oxygens (including phenoxy) is 2. The van der Waals surface area contributed by atoms with Gasteiger partial charge in [0.15, 0.2) is 6.10 Å². The molecule has 0 spiro atoms.